The highest BCUT2D eigenvalue weighted by molar-refractivity contribution is 6.14. The molecule has 0 radical (unpaired) electrons. The van der Waals surface area contributed by atoms with Crippen molar-refractivity contribution in [1.82, 2.24) is 9.13 Å². The Labute approximate surface area is 335 Å². The summed E-state index contributed by atoms with van der Waals surface area (Å²) in [5, 5.41) is 4.89. The van der Waals surface area contributed by atoms with Gasteiger partial charge in [-0.25, -0.2) is 0 Å². The van der Waals surface area contributed by atoms with E-state index in [1.807, 2.05) is 0 Å². The monoisotopic (exact) mass is 738 g/mol. The summed E-state index contributed by atoms with van der Waals surface area (Å²) in [5.41, 5.74) is 16.0. The summed E-state index contributed by atoms with van der Waals surface area (Å²) in [6.45, 7) is 0. The third-order valence-corrected chi connectivity index (χ3v) is 12.8. The number of para-hydroxylation sites is 5. The minimum atomic E-state index is -0.643. The Kier molecular flexibility index (Phi) is 6.37. The van der Waals surface area contributed by atoms with Gasteiger partial charge in [0, 0.05) is 38.4 Å². The molecule has 0 saturated carbocycles. The van der Waals surface area contributed by atoms with Crippen molar-refractivity contribution in [2.75, 3.05) is 0 Å². The quantitative estimate of drug-likeness (QED) is 0.177. The molecule has 0 amide bonds. The van der Waals surface area contributed by atoms with Crippen LogP contribution >= 0.6 is 0 Å². The molecule has 2 aromatic heterocycles. The molecule has 0 aliphatic carbocycles. The molecule has 1 spiro atoms. The van der Waals surface area contributed by atoms with Crippen LogP contribution in [0.1, 0.15) is 22.3 Å². The van der Waals surface area contributed by atoms with Gasteiger partial charge in [-0.15, -0.1) is 0 Å². The largest absolute Gasteiger partial charge is 0.454 e. The van der Waals surface area contributed by atoms with Crippen LogP contribution in [0.5, 0.6) is 11.5 Å². The van der Waals surface area contributed by atoms with Gasteiger partial charge in [0.05, 0.1) is 33.2 Å². The summed E-state index contributed by atoms with van der Waals surface area (Å²) in [6, 6.07) is 75.3. The summed E-state index contributed by atoms with van der Waals surface area (Å²) < 4.78 is 12.2. The van der Waals surface area contributed by atoms with E-state index in [2.05, 4.69) is 215 Å². The average Bonchev–Trinajstić information content (AvgIpc) is 3.82. The van der Waals surface area contributed by atoms with Crippen LogP contribution in [-0.4, -0.2) is 9.13 Å². The lowest BCUT2D eigenvalue weighted by atomic mass is 9.61. The lowest BCUT2D eigenvalue weighted by molar-refractivity contribution is 0.438. The second-order valence-corrected chi connectivity index (χ2v) is 15.6. The van der Waals surface area contributed by atoms with Gasteiger partial charge < -0.3 is 13.9 Å². The SMILES string of the molecule is c1ccc(-c2ccc(-c3ccc(-n4c5ccccc5c5ccc6c(c54)Oc4ccccc4C64c5ccccc5-n5c6ccccc6c6cccc4c65)cc3)cc2)cc1. The number of benzene rings is 9. The number of hydrogen-bond donors (Lipinski definition) is 0. The molecular weight excluding hydrogens is 705 g/mol. The van der Waals surface area contributed by atoms with E-state index in [0.717, 1.165) is 39.3 Å². The first kappa shape index (κ1) is 31.6. The molecule has 2 aliphatic rings. The number of hydrogen-bond acceptors (Lipinski definition) is 1. The smallest absolute Gasteiger partial charge is 0.156 e. The first-order chi connectivity index (χ1) is 28.8. The molecule has 4 heterocycles. The molecule has 1 unspecified atom stereocenters. The van der Waals surface area contributed by atoms with Crippen molar-refractivity contribution in [3.8, 4) is 45.1 Å². The Morgan fingerprint density at radius 3 is 1.60 bits per heavy atom. The van der Waals surface area contributed by atoms with Crippen molar-refractivity contribution < 1.29 is 4.74 Å². The van der Waals surface area contributed by atoms with Crippen LogP contribution in [0.2, 0.25) is 0 Å². The van der Waals surface area contributed by atoms with Gasteiger partial charge >= 0.3 is 0 Å². The van der Waals surface area contributed by atoms with Crippen molar-refractivity contribution in [2.45, 2.75) is 5.41 Å². The molecule has 1 atom stereocenters. The Morgan fingerprint density at radius 2 is 0.862 bits per heavy atom. The Balaban J connectivity index is 1.08. The summed E-state index contributed by atoms with van der Waals surface area (Å²) >= 11 is 0. The molecule has 3 heteroatoms. The van der Waals surface area contributed by atoms with Crippen LogP contribution in [0, 0.1) is 0 Å². The first-order valence-electron chi connectivity index (χ1n) is 20.0. The van der Waals surface area contributed by atoms with E-state index in [9.17, 15) is 0 Å². The van der Waals surface area contributed by atoms with Crippen LogP contribution < -0.4 is 4.74 Å². The molecule has 0 saturated heterocycles. The molecule has 2 aliphatic heterocycles. The second kappa shape index (κ2) is 11.7. The van der Waals surface area contributed by atoms with Crippen LogP contribution in [0.4, 0.5) is 0 Å². The maximum Gasteiger partial charge on any atom is 0.156 e. The fraction of sp³-hybridized carbons (Fsp3) is 0.0182. The number of ether oxygens (including phenoxy) is 1. The molecule has 11 aromatic rings. The van der Waals surface area contributed by atoms with Gasteiger partial charge in [-0.1, -0.05) is 170 Å². The fourth-order valence-electron chi connectivity index (χ4n) is 10.4. The maximum atomic E-state index is 7.28. The highest BCUT2D eigenvalue weighted by atomic mass is 16.5. The molecule has 0 bridgehead atoms. The molecule has 0 fully saturated rings. The molecular formula is C55H34N2O. The zero-order valence-corrected chi connectivity index (χ0v) is 31.4. The Morgan fingerprint density at radius 1 is 0.328 bits per heavy atom. The number of rotatable bonds is 3. The van der Waals surface area contributed by atoms with Crippen LogP contribution in [-0.2, 0) is 5.41 Å². The minimum absolute atomic E-state index is 0.643. The average molecular weight is 739 g/mol. The van der Waals surface area contributed by atoms with E-state index in [1.54, 1.807) is 0 Å². The van der Waals surface area contributed by atoms with Gasteiger partial charge in [-0.3, -0.25) is 0 Å². The topological polar surface area (TPSA) is 19.1 Å². The normalized spacial score (nSPS) is 15.1. The molecule has 3 nitrogen and oxygen atoms in total. The molecule has 58 heavy (non-hydrogen) atoms. The summed E-state index contributed by atoms with van der Waals surface area (Å²) in [4.78, 5) is 0. The number of nitrogens with zero attached hydrogens (tertiary/aromatic N) is 2. The number of aromatic nitrogens is 2. The fourth-order valence-corrected chi connectivity index (χ4v) is 10.4. The van der Waals surface area contributed by atoms with Crippen LogP contribution in [0.25, 0.3) is 77.2 Å². The maximum absolute atomic E-state index is 7.28. The van der Waals surface area contributed by atoms with E-state index < -0.39 is 5.41 Å². The molecule has 0 N–H and O–H groups in total. The predicted octanol–water partition coefficient (Wildman–Crippen LogP) is 14.0. The zero-order chi connectivity index (χ0) is 38.0. The van der Waals surface area contributed by atoms with Gasteiger partial charge in [0.2, 0.25) is 0 Å². The van der Waals surface area contributed by atoms with E-state index in [4.69, 9.17) is 4.74 Å². The van der Waals surface area contributed by atoms with Gasteiger partial charge in [0.1, 0.15) is 5.75 Å². The van der Waals surface area contributed by atoms with Gasteiger partial charge in [0.15, 0.2) is 5.75 Å². The minimum Gasteiger partial charge on any atom is -0.454 e. The highest BCUT2D eigenvalue weighted by Gasteiger charge is 2.51. The van der Waals surface area contributed by atoms with Gasteiger partial charge in [-0.2, -0.15) is 0 Å². The van der Waals surface area contributed by atoms with E-state index in [-0.39, 0.29) is 0 Å². The first-order valence-corrected chi connectivity index (χ1v) is 20.0. The Bertz CT molecular complexity index is 3460. The second-order valence-electron chi connectivity index (χ2n) is 15.6. The third kappa shape index (κ3) is 4.07. The third-order valence-electron chi connectivity index (χ3n) is 12.8. The lowest BCUT2D eigenvalue weighted by Gasteiger charge is -2.45. The molecule has 9 aromatic carbocycles. The van der Waals surface area contributed by atoms with Crippen molar-refractivity contribution in [3.63, 3.8) is 0 Å². The molecule has 270 valence electrons. The van der Waals surface area contributed by atoms with Crippen molar-refractivity contribution in [1.29, 1.82) is 0 Å². The van der Waals surface area contributed by atoms with Crippen molar-refractivity contribution in [2.24, 2.45) is 0 Å². The Hall–Kier alpha value is -7.62. The standard InChI is InChI=1S/C55H34N2O/c1-2-13-35(14-3-1)36-25-27-37(28-26-36)38-29-31-39(32-30-38)56-48-21-8-4-16-41(48)43-33-34-47-54(53(43)56)58-51-24-11-7-19-45(51)55(47)44-18-6-10-23-50(44)57-49-22-9-5-15-40(49)42-17-12-20-46(55)52(42)57/h1-34H. The summed E-state index contributed by atoms with van der Waals surface area (Å²) in [5.74, 6) is 1.77. The van der Waals surface area contributed by atoms with Crippen molar-refractivity contribution in [3.05, 3.63) is 229 Å². The lowest BCUT2D eigenvalue weighted by Crippen LogP contribution is -2.37. The summed E-state index contributed by atoms with van der Waals surface area (Å²) in [6.07, 6.45) is 0. The molecule has 13 rings (SSSR count). The summed E-state index contributed by atoms with van der Waals surface area (Å²) in [7, 11) is 0. The van der Waals surface area contributed by atoms with Crippen LogP contribution in [0.3, 0.4) is 0 Å². The highest BCUT2D eigenvalue weighted by Crippen LogP contribution is 2.61. The van der Waals surface area contributed by atoms with Gasteiger partial charge in [0.25, 0.3) is 0 Å². The van der Waals surface area contributed by atoms with E-state index in [0.29, 0.717) is 0 Å². The number of fused-ring (bicyclic) bond motifs is 15. The van der Waals surface area contributed by atoms with E-state index in [1.165, 1.54) is 71.6 Å². The van der Waals surface area contributed by atoms with E-state index >= 15 is 0 Å². The van der Waals surface area contributed by atoms with Crippen LogP contribution in [0.15, 0.2) is 206 Å². The zero-order valence-electron chi connectivity index (χ0n) is 31.4. The predicted molar refractivity (Wildman–Crippen MR) is 238 cm³/mol. The van der Waals surface area contributed by atoms with Gasteiger partial charge in [-0.05, 0) is 69.8 Å². The van der Waals surface area contributed by atoms with Crippen molar-refractivity contribution >= 4 is 43.6 Å².